The highest BCUT2D eigenvalue weighted by molar-refractivity contribution is 6.05. The molecule has 1 aromatic rings. The van der Waals surface area contributed by atoms with Crippen LogP contribution in [0, 0.1) is 0 Å². The van der Waals surface area contributed by atoms with E-state index in [1.807, 2.05) is 6.07 Å². The van der Waals surface area contributed by atoms with E-state index in [1.54, 1.807) is 24.3 Å². The lowest BCUT2D eigenvalue weighted by atomic mass is 10.2. The number of nitrogens with one attached hydrogen (secondary N) is 2. The second-order valence-electron chi connectivity index (χ2n) is 4.62. The standard InChI is InChI=1S/C14H19N3O2/c18-13(11-17-9-4-7-15-8-10-17)16-14(19)12-5-2-1-3-6-12/h1-3,5-6,15H,4,7-11H2,(H,16,18,19). The Morgan fingerprint density at radius 3 is 2.74 bits per heavy atom. The molecule has 1 saturated heterocycles. The van der Waals surface area contributed by atoms with E-state index in [9.17, 15) is 9.59 Å². The summed E-state index contributed by atoms with van der Waals surface area (Å²) in [6.45, 7) is 3.88. The van der Waals surface area contributed by atoms with Crippen LogP contribution in [0.2, 0.25) is 0 Å². The van der Waals surface area contributed by atoms with Gasteiger partial charge < -0.3 is 5.32 Å². The third kappa shape index (κ3) is 4.46. The zero-order valence-electron chi connectivity index (χ0n) is 10.9. The third-order valence-corrected chi connectivity index (χ3v) is 3.09. The Morgan fingerprint density at radius 1 is 1.16 bits per heavy atom. The Hall–Kier alpha value is -1.72. The Kier molecular flexibility index (Phi) is 5.06. The molecule has 1 aliphatic rings. The van der Waals surface area contributed by atoms with Crippen molar-refractivity contribution in [1.29, 1.82) is 0 Å². The first-order valence-corrected chi connectivity index (χ1v) is 6.58. The van der Waals surface area contributed by atoms with Crippen LogP contribution < -0.4 is 10.6 Å². The number of carbonyl (C=O) groups excluding carboxylic acids is 2. The fourth-order valence-corrected chi connectivity index (χ4v) is 2.09. The molecular formula is C14H19N3O2. The van der Waals surface area contributed by atoms with Gasteiger partial charge in [0.2, 0.25) is 5.91 Å². The van der Waals surface area contributed by atoms with Gasteiger partial charge in [-0.15, -0.1) is 0 Å². The summed E-state index contributed by atoms with van der Waals surface area (Å²) in [7, 11) is 0. The van der Waals surface area contributed by atoms with Crippen molar-refractivity contribution in [3.8, 4) is 0 Å². The minimum Gasteiger partial charge on any atom is -0.315 e. The van der Waals surface area contributed by atoms with Gasteiger partial charge in [-0.2, -0.15) is 0 Å². The summed E-state index contributed by atoms with van der Waals surface area (Å²) in [5.74, 6) is -0.575. The van der Waals surface area contributed by atoms with E-state index >= 15 is 0 Å². The van der Waals surface area contributed by atoms with Crippen molar-refractivity contribution in [2.45, 2.75) is 6.42 Å². The molecule has 1 aliphatic heterocycles. The number of hydrogen-bond donors (Lipinski definition) is 2. The summed E-state index contributed by atoms with van der Waals surface area (Å²) in [5.41, 5.74) is 0.508. The molecule has 0 aliphatic carbocycles. The summed E-state index contributed by atoms with van der Waals surface area (Å²) >= 11 is 0. The van der Waals surface area contributed by atoms with Gasteiger partial charge in [0.1, 0.15) is 0 Å². The lowest BCUT2D eigenvalue weighted by molar-refractivity contribution is -0.121. The van der Waals surface area contributed by atoms with E-state index in [4.69, 9.17) is 0 Å². The predicted molar refractivity (Wildman–Crippen MR) is 72.8 cm³/mol. The van der Waals surface area contributed by atoms with Crippen LogP contribution in [0.3, 0.4) is 0 Å². The molecule has 2 N–H and O–H groups in total. The average molecular weight is 261 g/mol. The van der Waals surface area contributed by atoms with Crippen molar-refractivity contribution in [2.24, 2.45) is 0 Å². The summed E-state index contributed by atoms with van der Waals surface area (Å²) in [6, 6.07) is 8.78. The minimum atomic E-state index is -0.335. The maximum absolute atomic E-state index is 11.8. The van der Waals surface area contributed by atoms with Crippen molar-refractivity contribution in [3.63, 3.8) is 0 Å². The first-order chi connectivity index (χ1) is 9.25. The molecule has 102 valence electrons. The molecule has 0 atom stereocenters. The number of rotatable bonds is 3. The minimum absolute atomic E-state index is 0.240. The summed E-state index contributed by atoms with van der Waals surface area (Å²) < 4.78 is 0. The molecule has 0 aromatic heterocycles. The van der Waals surface area contributed by atoms with Gasteiger partial charge in [-0.3, -0.25) is 19.8 Å². The second-order valence-corrected chi connectivity index (χ2v) is 4.62. The highest BCUT2D eigenvalue weighted by Gasteiger charge is 2.15. The van der Waals surface area contributed by atoms with Crippen LogP contribution in [0.4, 0.5) is 0 Å². The number of benzene rings is 1. The lowest BCUT2D eigenvalue weighted by Gasteiger charge is -2.18. The smallest absolute Gasteiger partial charge is 0.257 e. The molecule has 5 nitrogen and oxygen atoms in total. The highest BCUT2D eigenvalue weighted by atomic mass is 16.2. The van der Waals surface area contributed by atoms with Gasteiger partial charge >= 0.3 is 0 Å². The van der Waals surface area contributed by atoms with Crippen molar-refractivity contribution in [1.82, 2.24) is 15.5 Å². The van der Waals surface area contributed by atoms with Crippen LogP contribution >= 0.6 is 0 Å². The molecule has 2 amide bonds. The second kappa shape index (κ2) is 7.01. The summed E-state index contributed by atoms with van der Waals surface area (Å²) in [6.07, 6.45) is 1.03. The van der Waals surface area contributed by atoms with Crippen LogP contribution in [-0.4, -0.2) is 49.4 Å². The van der Waals surface area contributed by atoms with Crippen molar-refractivity contribution in [3.05, 3.63) is 35.9 Å². The summed E-state index contributed by atoms with van der Waals surface area (Å²) in [5, 5.41) is 5.70. The monoisotopic (exact) mass is 261 g/mol. The number of imide groups is 1. The first kappa shape index (κ1) is 13.7. The molecule has 19 heavy (non-hydrogen) atoms. The lowest BCUT2D eigenvalue weighted by Crippen LogP contribution is -2.41. The van der Waals surface area contributed by atoms with E-state index in [0.717, 1.165) is 32.6 Å². The Bertz CT molecular complexity index is 426. The zero-order chi connectivity index (χ0) is 13.5. The van der Waals surface area contributed by atoms with Gasteiger partial charge in [0.05, 0.1) is 6.54 Å². The predicted octanol–water partition coefficient (Wildman–Crippen LogP) is 0.238. The van der Waals surface area contributed by atoms with Crippen molar-refractivity contribution >= 4 is 11.8 Å². The van der Waals surface area contributed by atoms with Crippen molar-refractivity contribution < 1.29 is 9.59 Å². The maximum Gasteiger partial charge on any atom is 0.257 e. The van der Waals surface area contributed by atoms with Gasteiger partial charge in [-0.1, -0.05) is 18.2 Å². The number of hydrogen-bond acceptors (Lipinski definition) is 4. The highest BCUT2D eigenvalue weighted by Crippen LogP contribution is 1.99. The Morgan fingerprint density at radius 2 is 1.95 bits per heavy atom. The van der Waals surface area contributed by atoms with Gasteiger partial charge in [-0.05, 0) is 31.6 Å². The van der Waals surface area contributed by atoms with Crippen LogP contribution in [-0.2, 0) is 4.79 Å². The van der Waals surface area contributed by atoms with Gasteiger partial charge in [0.25, 0.3) is 5.91 Å². The topological polar surface area (TPSA) is 61.4 Å². The fourth-order valence-electron chi connectivity index (χ4n) is 2.09. The third-order valence-electron chi connectivity index (χ3n) is 3.09. The quantitative estimate of drug-likeness (QED) is 0.818. The van der Waals surface area contributed by atoms with Crippen LogP contribution in [0.5, 0.6) is 0 Å². The fraction of sp³-hybridized carbons (Fsp3) is 0.429. The van der Waals surface area contributed by atoms with Crippen LogP contribution in [0.1, 0.15) is 16.8 Å². The van der Waals surface area contributed by atoms with E-state index in [-0.39, 0.29) is 18.4 Å². The Labute approximate surface area is 113 Å². The average Bonchev–Trinajstić information content (AvgIpc) is 2.68. The molecule has 1 heterocycles. The number of amides is 2. The van der Waals surface area contributed by atoms with E-state index in [1.165, 1.54) is 0 Å². The molecule has 0 unspecified atom stereocenters. The van der Waals surface area contributed by atoms with Gasteiger partial charge in [0, 0.05) is 18.7 Å². The van der Waals surface area contributed by atoms with Crippen molar-refractivity contribution in [2.75, 3.05) is 32.7 Å². The molecule has 0 radical (unpaired) electrons. The largest absolute Gasteiger partial charge is 0.315 e. The van der Waals surface area contributed by atoms with E-state index < -0.39 is 0 Å². The molecule has 0 spiro atoms. The van der Waals surface area contributed by atoms with Crippen LogP contribution in [0.25, 0.3) is 0 Å². The summed E-state index contributed by atoms with van der Waals surface area (Å²) in [4.78, 5) is 25.7. The molecule has 1 aromatic carbocycles. The maximum atomic E-state index is 11.8. The number of carbonyl (C=O) groups is 2. The first-order valence-electron chi connectivity index (χ1n) is 6.58. The molecule has 0 saturated carbocycles. The van der Waals surface area contributed by atoms with Crippen LogP contribution in [0.15, 0.2) is 30.3 Å². The van der Waals surface area contributed by atoms with E-state index in [0.29, 0.717) is 5.56 Å². The normalized spacial score (nSPS) is 16.6. The molecule has 2 rings (SSSR count). The van der Waals surface area contributed by atoms with Gasteiger partial charge in [0.15, 0.2) is 0 Å². The molecule has 1 fully saturated rings. The van der Waals surface area contributed by atoms with Gasteiger partial charge in [-0.25, -0.2) is 0 Å². The molecule has 0 bridgehead atoms. The van der Waals surface area contributed by atoms with E-state index in [2.05, 4.69) is 15.5 Å². The SMILES string of the molecule is O=C(CN1CCCNCC1)NC(=O)c1ccccc1. The number of nitrogens with zero attached hydrogens (tertiary/aromatic N) is 1. The molecule has 5 heteroatoms. The zero-order valence-corrected chi connectivity index (χ0v) is 10.9. The molecular weight excluding hydrogens is 242 g/mol. The Balaban J connectivity index is 1.82.